The molecule has 3 rings (SSSR count). The van der Waals surface area contributed by atoms with Gasteiger partial charge in [0.25, 0.3) is 0 Å². The summed E-state index contributed by atoms with van der Waals surface area (Å²) in [6, 6.07) is 0. The molecule has 0 aromatic carbocycles. The van der Waals surface area contributed by atoms with Crippen LogP contribution in [0.3, 0.4) is 0 Å². The van der Waals surface area contributed by atoms with Crippen LogP contribution in [0.2, 0.25) is 0 Å². The van der Waals surface area contributed by atoms with Crippen molar-refractivity contribution in [3.63, 3.8) is 0 Å². The minimum atomic E-state index is -0.185. The molecule has 2 aliphatic carbocycles. The highest BCUT2D eigenvalue weighted by molar-refractivity contribution is 5.93. The highest BCUT2D eigenvalue weighted by Gasteiger charge is 2.37. The van der Waals surface area contributed by atoms with Crippen molar-refractivity contribution < 1.29 is 14.6 Å². The van der Waals surface area contributed by atoms with Crippen LogP contribution in [-0.2, 0) is 9.53 Å². The monoisotopic (exact) mass is 276 g/mol. The van der Waals surface area contributed by atoms with Crippen molar-refractivity contribution in [3.05, 3.63) is 23.8 Å². The molecule has 0 aromatic heterocycles. The zero-order chi connectivity index (χ0) is 14.0. The molecule has 1 spiro atoms. The highest BCUT2D eigenvalue weighted by atomic mass is 16.5. The Balaban J connectivity index is 1.51. The van der Waals surface area contributed by atoms with E-state index >= 15 is 0 Å². The van der Waals surface area contributed by atoms with E-state index in [1.54, 1.807) is 0 Å². The van der Waals surface area contributed by atoms with Crippen molar-refractivity contribution in [2.45, 2.75) is 57.5 Å². The van der Waals surface area contributed by atoms with E-state index in [9.17, 15) is 9.90 Å². The topological polar surface area (TPSA) is 46.5 Å². The van der Waals surface area contributed by atoms with E-state index in [1.807, 2.05) is 12.2 Å². The normalized spacial score (nSPS) is 38.2. The van der Waals surface area contributed by atoms with Crippen LogP contribution < -0.4 is 0 Å². The summed E-state index contributed by atoms with van der Waals surface area (Å²) in [5.41, 5.74) is 1.22. The Bertz CT molecular complexity index is 418. The third-order valence-electron chi connectivity index (χ3n) is 5.41. The van der Waals surface area contributed by atoms with Crippen LogP contribution in [0, 0.1) is 11.3 Å². The third kappa shape index (κ3) is 2.98. The molecule has 3 nitrogen and oxygen atoms in total. The average molecular weight is 276 g/mol. The molecule has 2 saturated carbocycles. The van der Waals surface area contributed by atoms with Gasteiger partial charge in [-0.05, 0) is 68.8 Å². The fraction of sp³-hybridized carbons (Fsp3) is 0.706. The van der Waals surface area contributed by atoms with Gasteiger partial charge in [0, 0.05) is 0 Å². The Morgan fingerprint density at radius 2 is 1.80 bits per heavy atom. The highest BCUT2D eigenvalue weighted by Crippen LogP contribution is 2.49. The molecule has 0 saturated heterocycles. The second-order valence-electron chi connectivity index (χ2n) is 6.69. The van der Waals surface area contributed by atoms with Crippen LogP contribution in [0.4, 0.5) is 0 Å². The van der Waals surface area contributed by atoms with E-state index < -0.39 is 0 Å². The summed E-state index contributed by atoms with van der Waals surface area (Å²) in [5.74, 6) is 0.413. The van der Waals surface area contributed by atoms with Crippen LogP contribution >= 0.6 is 0 Å². The van der Waals surface area contributed by atoms with Gasteiger partial charge in [0.2, 0.25) is 0 Å². The number of allylic oxidation sites excluding steroid dienone is 1. The molecule has 3 aliphatic rings. The molecule has 2 fully saturated rings. The fourth-order valence-electron chi connectivity index (χ4n) is 3.91. The summed E-state index contributed by atoms with van der Waals surface area (Å²) in [7, 11) is 0. The third-order valence-corrected chi connectivity index (χ3v) is 5.41. The van der Waals surface area contributed by atoms with E-state index in [1.165, 1.54) is 38.5 Å². The molecule has 1 aliphatic heterocycles. The van der Waals surface area contributed by atoms with Gasteiger partial charge in [-0.1, -0.05) is 12.2 Å². The van der Waals surface area contributed by atoms with Gasteiger partial charge < -0.3 is 9.84 Å². The predicted molar refractivity (Wildman–Crippen MR) is 77.0 cm³/mol. The molecule has 20 heavy (non-hydrogen) atoms. The minimum Gasteiger partial charge on any atom is -0.458 e. The first-order chi connectivity index (χ1) is 9.67. The summed E-state index contributed by atoms with van der Waals surface area (Å²) in [5, 5.41) is 9.64. The fourth-order valence-corrected chi connectivity index (χ4v) is 3.91. The number of hydrogen-bond acceptors (Lipinski definition) is 3. The molecule has 0 radical (unpaired) electrons. The Hall–Kier alpha value is -1.09. The van der Waals surface area contributed by atoms with Crippen LogP contribution in [0.15, 0.2) is 23.8 Å². The van der Waals surface area contributed by atoms with Crippen molar-refractivity contribution in [1.29, 1.82) is 0 Å². The lowest BCUT2D eigenvalue weighted by atomic mass is 9.63. The SMILES string of the molecule is O=C1OCC=C1C=CC1CCC2(CCC(O)CC2)CC1. The van der Waals surface area contributed by atoms with Crippen LogP contribution in [0.1, 0.15) is 51.4 Å². The van der Waals surface area contributed by atoms with E-state index in [0.717, 1.165) is 12.8 Å². The van der Waals surface area contributed by atoms with Crippen molar-refractivity contribution in [3.8, 4) is 0 Å². The lowest BCUT2D eigenvalue weighted by molar-refractivity contribution is -0.135. The first-order valence-electron chi connectivity index (χ1n) is 7.90. The Morgan fingerprint density at radius 3 is 2.40 bits per heavy atom. The summed E-state index contributed by atoms with van der Waals surface area (Å²) < 4.78 is 4.90. The predicted octanol–water partition coefficient (Wildman–Crippen LogP) is 3.14. The maximum absolute atomic E-state index is 11.4. The van der Waals surface area contributed by atoms with E-state index in [-0.39, 0.29) is 12.1 Å². The Labute approximate surface area is 120 Å². The molecule has 3 heteroatoms. The lowest BCUT2D eigenvalue weighted by Gasteiger charge is -2.43. The maximum Gasteiger partial charge on any atom is 0.338 e. The summed E-state index contributed by atoms with van der Waals surface area (Å²) >= 11 is 0. The molecule has 0 bridgehead atoms. The largest absolute Gasteiger partial charge is 0.458 e. The van der Waals surface area contributed by atoms with Gasteiger partial charge >= 0.3 is 5.97 Å². The van der Waals surface area contributed by atoms with E-state index in [0.29, 0.717) is 23.5 Å². The van der Waals surface area contributed by atoms with Gasteiger partial charge in [-0.2, -0.15) is 0 Å². The number of rotatable bonds is 2. The number of carbonyl (C=O) groups excluding carboxylic acids is 1. The number of cyclic esters (lactones) is 1. The molecule has 0 amide bonds. The smallest absolute Gasteiger partial charge is 0.338 e. The molecular formula is C17H24O3. The summed E-state index contributed by atoms with van der Waals surface area (Å²) in [4.78, 5) is 11.4. The quantitative estimate of drug-likeness (QED) is 0.788. The zero-order valence-electron chi connectivity index (χ0n) is 12.0. The molecule has 0 aromatic rings. The number of hydrogen-bond donors (Lipinski definition) is 1. The molecule has 0 atom stereocenters. The molecular weight excluding hydrogens is 252 g/mol. The average Bonchev–Trinajstić information content (AvgIpc) is 2.87. The number of ether oxygens (including phenoxy) is 1. The molecule has 0 unspecified atom stereocenters. The van der Waals surface area contributed by atoms with Gasteiger partial charge in [0.1, 0.15) is 6.61 Å². The van der Waals surface area contributed by atoms with Gasteiger partial charge in [0.05, 0.1) is 11.7 Å². The maximum atomic E-state index is 11.4. The van der Waals surface area contributed by atoms with Crippen LogP contribution in [-0.4, -0.2) is 23.8 Å². The summed E-state index contributed by atoms with van der Waals surface area (Å²) in [6.45, 7) is 0.425. The first-order valence-corrected chi connectivity index (χ1v) is 7.90. The van der Waals surface area contributed by atoms with E-state index in [4.69, 9.17) is 4.74 Å². The van der Waals surface area contributed by atoms with Crippen LogP contribution in [0.5, 0.6) is 0 Å². The van der Waals surface area contributed by atoms with E-state index in [2.05, 4.69) is 6.08 Å². The second-order valence-corrected chi connectivity index (χ2v) is 6.69. The Kier molecular flexibility index (Phi) is 3.97. The van der Waals surface area contributed by atoms with Crippen molar-refractivity contribution in [2.24, 2.45) is 11.3 Å². The lowest BCUT2D eigenvalue weighted by Crippen LogP contribution is -2.33. The number of esters is 1. The van der Waals surface area contributed by atoms with Gasteiger partial charge in [0.15, 0.2) is 0 Å². The van der Waals surface area contributed by atoms with Crippen molar-refractivity contribution >= 4 is 5.97 Å². The number of aliphatic hydroxyl groups excluding tert-OH is 1. The zero-order valence-corrected chi connectivity index (χ0v) is 12.0. The van der Waals surface area contributed by atoms with Gasteiger partial charge in [-0.3, -0.25) is 0 Å². The number of aliphatic hydroxyl groups is 1. The first kappa shape index (κ1) is 13.9. The minimum absolute atomic E-state index is 0.0569. The second kappa shape index (κ2) is 5.72. The van der Waals surface area contributed by atoms with Crippen molar-refractivity contribution in [1.82, 2.24) is 0 Å². The summed E-state index contributed by atoms with van der Waals surface area (Å²) in [6.07, 6.45) is 15.3. The molecule has 1 N–H and O–H groups in total. The Morgan fingerprint density at radius 1 is 1.15 bits per heavy atom. The van der Waals surface area contributed by atoms with Crippen LogP contribution in [0.25, 0.3) is 0 Å². The number of carbonyl (C=O) groups is 1. The van der Waals surface area contributed by atoms with Gasteiger partial charge in [-0.15, -0.1) is 0 Å². The standard InChI is InChI=1S/C17H24O3/c18-15-5-10-17(11-6-15)8-3-13(4-9-17)1-2-14-7-12-20-16(14)19/h1-2,7,13,15,18H,3-6,8-12H2. The molecule has 1 heterocycles. The molecule has 110 valence electrons. The van der Waals surface area contributed by atoms with Crippen molar-refractivity contribution in [2.75, 3.05) is 6.61 Å². The van der Waals surface area contributed by atoms with Gasteiger partial charge in [-0.25, -0.2) is 4.79 Å².